The summed E-state index contributed by atoms with van der Waals surface area (Å²) < 4.78 is 17.8. The molecule has 0 unspecified atom stereocenters. The molecule has 2 N–H and O–H groups in total. The lowest BCUT2D eigenvalue weighted by atomic mass is 10.0. The van der Waals surface area contributed by atoms with Crippen molar-refractivity contribution in [3.63, 3.8) is 0 Å². The van der Waals surface area contributed by atoms with E-state index in [4.69, 9.17) is 9.63 Å². The molecule has 1 aromatic carbocycles. The molecule has 1 atom stereocenters. The van der Waals surface area contributed by atoms with Crippen LogP contribution in [0.15, 0.2) is 34.9 Å². The summed E-state index contributed by atoms with van der Waals surface area (Å²) in [6, 6.07) is 5.94. The lowest BCUT2D eigenvalue weighted by Crippen LogP contribution is -2.41. The molecule has 2 aromatic rings. The van der Waals surface area contributed by atoms with Crippen molar-refractivity contribution in [3.8, 4) is 11.3 Å². The van der Waals surface area contributed by atoms with Crippen molar-refractivity contribution in [2.75, 3.05) is 0 Å². The molecule has 7 heteroatoms. The minimum absolute atomic E-state index is 0.0978. The molecular weight excluding hydrogens is 303 g/mol. The van der Waals surface area contributed by atoms with Crippen LogP contribution in [0.25, 0.3) is 11.3 Å². The summed E-state index contributed by atoms with van der Waals surface area (Å²) in [4.78, 5) is 23.2. The van der Waals surface area contributed by atoms with Crippen molar-refractivity contribution < 1.29 is 23.6 Å². The van der Waals surface area contributed by atoms with Crippen molar-refractivity contribution >= 4 is 11.9 Å². The number of hydrogen-bond donors (Lipinski definition) is 2. The normalized spacial score (nSPS) is 12.2. The molecule has 1 aromatic heterocycles. The van der Waals surface area contributed by atoms with E-state index >= 15 is 0 Å². The molecule has 2 rings (SSSR count). The summed E-state index contributed by atoms with van der Waals surface area (Å²) in [6.45, 7) is 3.73. The molecule has 0 aliphatic rings. The van der Waals surface area contributed by atoms with Gasteiger partial charge in [-0.1, -0.05) is 19.0 Å². The number of carboxylic acids is 1. The first-order chi connectivity index (χ1) is 10.9. The average Bonchev–Trinajstić information content (AvgIpc) is 2.96. The van der Waals surface area contributed by atoms with Crippen LogP contribution in [0.5, 0.6) is 0 Å². The highest BCUT2D eigenvalue weighted by atomic mass is 19.1. The van der Waals surface area contributed by atoms with Crippen LogP contribution in [-0.4, -0.2) is 28.2 Å². The summed E-state index contributed by atoms with van der Waals surface area (Å²) in [5.41, 5.74) is 0.956. The highest BCUT2D eigenvalue weighted by molar-refractivity contribution is 5.95. The van der Waals surface area contributed by atoms with Crippen LogP contribution in [0, 0.1) is 11.7 Å². The Bertz CT molecular complexity index is 694. The number of carbonyl (C=O) groups is 2. The lowest BCUT2D eigenvalue weighted by Gasteiger charge is -2.15. The van der Waals surface area contributed by atoms with Gasteiger partial charge in [0, 0.05) is 11.6 Å². The Morgan fingerprint density at radius 1 is 1.30 bits per heavy atom. The molecule has 0 bridgehead atoms. The molecule has 1 amide bonds. The molecule has 0 aliphatic heterocycles. The smallest absolute Gasteiger partial charge is 0.326 e. The van der Waals surface area contributed by atoms with E-state index in [-0.39, 0.29) is 17.5 Å². The van der Waals surface area contributed by atoms with Gasteiger partial charge in [-0.25, -0.2) is 9.18 Å². The zero-order valence-electron chi connectivity index (χ0n) is 12.7. The standard InChI is InChI=1S/C16H17FN2O4/c1-9(2)7-13(16(21)22)18-15(20)14-8-12(19-23-14)10-3-5-11(17)6-4-10/h3-6,8-9,13H,7H2,1-2H3,(H,18,20)(H,21,22)/t13-/m0/s1. The third kappa shape index (κ3) is 4.38. The largest absolute Gasteiger partial charge is 0.480 e. The van der Waals surface area contributed by atoms with Gasteiger partial charge in [0.05, 0.1) is 0 Å². The van der Waals surface area contributed by atoms with Gasteiger partial charge >= 0.3 is 5.97 Å². The predicted octanol–water partition coefficient (Wildman–Crippen LogP) is 2.71. The number of amides is 1. The first kappa shape index (κ1) is 16.7. The Balaban J connectivity index is 2.11. The van der Waals surface area contributed by atoms with E-state index in [1.54, 1.807) is 0 Å². The molecule has 0 radical (unpaired) electrons. The van der Waals surface area contributed by atoms with Crippen LogP contribution in [0.2, 0.25) is 0 Å². The van der Waals surface area contributed by atoms with Gasteiger partial charge in [-0.3, -0.25) is 4.79 Å². The van der Waals surface area contributed by atoms with E-state index in [2.05, 4.69) is 10.5 Å². The van der Waals surface area contributed by atoms with E-state index in [0.717, 1.165) is 0 Å². The second kappa shape index (κ2) is 7.04. The van der Waals surface area contributed by atoms with Gasteiger partial charge < -0.3 is 14.9 Å². The van der Waals surface area contributed by atoms with Gasteiger partial charge in [-0.15, -0.1) is 0 Å². The Kier molecular flexibility index (Phi) is 5.10. The second-order valence-electron chi connectivity index (χ2n) is 5.58. The Hall–Kier alpha value is -2.70. The van der Waals surface area contributed by atoms with Gasteiger partial charge in [-0.2, -0.15) is 0 Å². The number of carbonyl (C=O) groups excluding carboxylic acids is 1. The SMILES string of the molecule is CC(C)C[C@H](NC(=O)c1cc(-c2ccc(F)cc2)no1)C(=O)O. The monoisotopic (exact) mass is 320 g/mol. The topological polar surface area (TPSA) is 92.4 Å². The van der Waals surface area contributed by atoms with Crippen LogP contribution in [0.4, 0.5) is 4.39 Å². The van der Waals surface area contributed by atoms with Crippen LogP contribution in [0.1, 0.15) is 30.8 Å². The first-order valence-electron chi connectivity index (χ1n) is 7.13. The van der Waals surface area contributed by atoms with Crippen molar-refractivity contribution in [2.24, 2.45) is 5.92 Å². The van der Waals surface area contributed by atoms with E-state index in [1.807, 2.05) is 13.8 Å². The molecule has 0 fully saturated rings. The first-order valence-corrected chi connectivity index (χ1v) is 7.13. The number of rotatable bonds is 6. The fourth-order valence-corrected chi connectivity index (χ4v) is 2.06. The molecule has 0 saturated heterocycles. The number of hydrogen-bond acceptors (Lipinski definition) is 4. The summed E-state index contributed by atoms with van der Waals surface area (Å²) >= 11 is 0. The minimum Gasteiger partial charge on any atom is -0.480 e. The number of aromatic nitrogens is 1. The van der Waals surface area contributed by atoms with Gasteiger partial charge in [0.25, 0.3) is 5.91 Å². The summed E-state index contributed by atoms with van der Waals surface area (Å²) in [5, 5.41) is 15.3. The van der Waals surface area contributed by atoms with E-state index in [9.17, 15) is 14.0 Å². The Labute approximate surface area is 132 Å². The molecular formula is C16H17FN2O4. The average molecular weight is 320 g/mol. The second-order valence-corrected chi connectivity index (χ2v) is 5.58. The number of nitrogens with one attached hydrogen (secondary N) is 1. The molecule has 1 heterocycles. The third-order valence-corrected chi connectivity index (χ3v) is 3.18. The van der Waals surface area contributed by atoms with Crippen LogP contribution in [-0.2, 0) is 4.79 Å². The van der Waals surface area contributed by atoms with Crippen molar-refractivity contribution in [1.82, 2.24) is 10.5 Å². The molecule has 6 nitrogen and oxygen atoms in total. The van der Waals surface area contributed by atoms with Crippen molar-refractivity contribution in [3.05, 3.63) is 41.9 Å². The van der Waals surface area contributed by atoms with Crippen LogP contribution < -0.4 is 5.32 Å². The zero-order chi connectivity index (χ0) is 17.0. The molecule has 0 aliphatic carbocycles. The maximum atomic E-state index is 12.9. The maximum Gasteiger partial charge on any atom is 0.326 e. The molecule has 23 heavy (non-hydrogen) atoms. The summed E-state index contributed by atoms with van der Waals surface area (Å²) in [7, 11) is 0. The van der Waals surface area contributed by atoms with E-state index in [0.29, 0.717) is 17.7 Å². The molecule has 0 spiro atoms. The van der Waals surface area contributed by atoms with E-state index < -0.39 is 17.9 Å². The highest BCUT2D eigenvalue weighted by Crippen LogP contribution is 2.19. The zero-order valence-corrected chi connectivity index (χ0v) is 12.7. The van der Waals surface area contributed by atoms with Crippen molar-refractivity contribution in [2.45, 2.75) is 26.3 Å². The van der Waals surface area contributed by atoms with Crippen molar-refractivity contribution in [1.29, 1.82) is 0 Å². The minimum atomic E-state index is -1.11. The number of carboxylic acid groups (broad SMARTS) is 1. The third-order valence-electron chi connectivity index (χ3n) is 3.18. The number of halogens is 1. The van der Waals surface area contributed by atoms with E-state index in [1.165, 1.54) is 30.3 Å². The van der Waals surface area contributed by atoms with Gasteiger partial charge in [0.15, 0.2) is 0 Å². The van der Waals surface area contributed by atoms with Crippen LogP contribution >= 0.6 is 0 Å². The highest BCUT2D eigenvalue weighted by Gasteiger charge is 2.24. The fraction of sp³-hybridized carbons (Fsp3) is 0.312. The number of nitrogens with zero attached hydrogens (tertiary/aromatic N) is 1. The molecule has 122 valence electrons. The Morgan fingerprint density at radius 2 is 1.96 bits per heavy atom. The summed E-state index contributed by atoms with van der Waals surface area (Å²) in [5.74, 6) is -2.13. The van der Waals surface area contributed by atoms with Gasteiger partial charge in [-0.05, 0) is 36.6 Å². The molecule has 0 saturated carbocycles. The fourth-order valence-electron chi connectivity index (χ4n) is 2.06. The lowest BCUT2D eigenvalue weighted by molar-refractivity contribution is -0.139. The van der Waals surface area contributed by atoms with Gasteiger partial charge in [0.2, 0.25) is 5.76 Å². The Morgan fingerprint density at radius 3 is 2.52 bits per heavy atom. The summed E-state index contributed by atoms with van der Waals surface area (Å²) in [6.07, 6.45) is 0.306. The van der Waals surface area contributed by atoms with Gasteiger partial charge in [0.1, 0.15) is 17.6 Å². The quantitative estimate of drug-likeness (QED) is 0.853. The maximum absolute atomic E-state index is 12.9. The number of aliphatic carboxylic acids is 1. The number of benzene rings is 1. The van der Waals surface area contributed by atoms with Crippen LogP contribution in [0.3, 0.4) is 0 Å². The predicted molar refractivity (Wildman–Crippen MR) is 80.2 cm³/mol.